The summed E-state index contributed by atoms with van der Waals surface area (Å²) < 4.78 is 35.1. The number of fused-ring (bicyclic) bond motifs is 1. The van der Waals surface area contributed by atoms with E-state index in [4.69, 9.17) is 14.5 Å². The molecule has 1 fully saturated rings. The molecule has 6 rings (SSSR count). The van der Waals surface area contributed by atoms with Crippen LogP contribution in [0.1, 0.15) is 69.1 Å². The van der Waals surface area contributed by atoms with Crippen LogP contribution < -0.4 is 0 Å². The minimum absolute atomic E-state index is 0.0322. The fraction of sp³-hybridized carbons (Fsp3) is 0.385. The van der Waals surface area contributed by atoms with Gasteiger partial charge in [0.1, 0.15) is 11.6 Å². The van der Waals surface area contributed by atoms with Crippen molar-refractivity contribution >= 4 is 16.6 Å². The van der Waals surface area contributed by atoms with E-state index in [9.17, 15) is 8.78 Å². The van der Waals surface area contributed by atoms with E-state index in [0.717, 1.165) is 53.9 Å². The van der Waals surface area contributed by atoms with E-state index in [2.05, 4.69) is 39.0 Å². The zero-order chi connectivity index (χ0) is 24.2. The molecule has 1 aliphatic carbocycles. The van der Waals surface area contributed by atoms with Gasteiger partial charge in [0.15, 0.2) is 0 Å². The summed E-state index contributed by atoms with van der Waals surface area (Å²) >= 11 is 0. The van der Waals surface area contributed by atoms with Crippen LogP contribution >= 0.6 is 0 Å². The first-order chi connectivity index (χ1) is 16.9. The van der Waals surface area contributed by atoms with Crippen molar-refractivity contribution in [3.05, 3.63) is 65.2 Å². The molecule has 180 valence electrons. The van der Waals surface area contributed by atoms with Gasteiger partial charge in [0.05, 0.1) is 28.5 Å². The maximum absolute atomic E-state index is 14.2. The van der Waals surface area contributed by atoms with E-state index < -0.39 is 17.2 Å². The van der Waals surface area contributed by atoms with Gasteiger partial charge in [-0.05, 0) is 44.4 Å². The lowest BCUT2D eigenvalue weighted by Crippen LogP contribution is -2.22. The molecule has 0 N–H and O–H groups in total. The fourth-order valence-corrected chi connectivity index (χ4v) is 5.10. The number of hydrogen-bond donors (Lipinski definition) is 0. The largest absolute Gasteiger partial charge is 0.379 e. The van der Waals surface area contributed by atoms with Gasteiger partial charge >= 0.3 is 0 Å². The molecule has 2 aromatic carbocycles. The zero-order valence-corrected chi connectivity index (χ0v) is 19.6. The second kappa shape index (κ2) is 8.25. The third-order valence-electron chi connectivity index (χ3n) is 7.04. The summed E-state index contributed by atoms with van der Waals surface area (Å²) in [6, 6.07) is 9.96. The lowest BCUT2D eigenvalue weighted by molar-refractivity contribution is -0.0313. The topological polar surface area (TPSA) is 78.3 Å². The number of hydrogen-bond acceptors (Lipinski definition) is 6. The average molecular weight is 478 g/mol. The van der Waals surface area contributed by atoms with E-state index >= 15 is 0 Å². The Morgan fingerprint density at radius 1 is 1.11 bits per heavy atom. The van der Waals surface area contributed by atoms with Crippen molar-refractivity contribution in [1.82, 2.24) is 19.9 Å². The van der Waals surface area contributed by atoms with Gasteiger partial charge in [-0.1, -0.05) is 42.2 Å². The summed E-state index contributed by atoms with van der Waals surface area (Å²) in [6.45, 7) is 3.93. The van der Waals surface area contributed by atoms with Crippen LogP contribution in [0.4, 0.5) is 8.78 Å². The highest BCUT2D eigenvalue weighted by molar-refractivity contribution is 6.04. The molecular formula is C26H25F2N5O2. The maximum Gasteiger partial charge on any atom is 0.274 e. The average Bonchev–Trinajstić information content (AvgIpc) is 3.64. The first-order valence-corrected chi connectivity index (χ1v) is 12.0. The zero-order valence-electron chi connectivity index (χ0n) is 19.6. The van der Waals surface area contributed by atoms with Gasteiger partial charge in [-0.15, -0.1) is 0 Å². The number of halogens is 2. The van der Waals surface area contributed by atoms with Crippen LogP contribution in [-0.4, -0.2) is 25.6 Å². The van der Waals surface area contributed by atoms with Gasteiger partial charge < -0.3 is 9.36 Å². The number of rotatable bonds is 5. The van der Waals surface area contributed by atoms with Crippen LogP contribution in [-0.2, 0) is 16.9 Å². The highest BCUT2D eigenvalue weighted by Gasteiger charge is 2.42. The molecular weight excluding hydrogens is 452 g/mol. The summed E-state index contributed by atoms with van der Waals surface area (Å²) in [6.07, 6.45) is 6.07. The number of nitrogens with zero attached hydrogens (tertiary/aromatic N) is 5. The van der Waals surface area contributed by atoms with Crippen molar-refractivity contribution in [3.63, 3.8) is 0 Å². The van der Waals surface area contributed by atoms with Crippen molar-refractivity contribution < 1.29 is 18.1 Å². The molecule has 35 heavy (non-hydrogen) atoms. The van der Waals surface area contributed by atoms with Gasteiger partial charge in [0.25, 0.3) is 5.89 Å². The molecule has 3 heterocycles. The Kier molecular flexibility index (Phi) is 5.16. The second-order valence-corrected chi connectivity index (χ2v) is 9.50. The Bertz CT molecular complexity index is 1450. The van der Waals surface area contributed by atoms with E-state index in [1.807, 2.05) is 6.07 Å². The van der Waals surface area contributed by atoms with E-state index in [0.29, 0.717) is 12.5 Å². The maximum atomic E-state index is 14.2. The highest BCUT2D eigenvalue weighted by atomic mass is 19.1. The predicted molar refractivity (Wildman–Crippen MR) is 126 cm³/mol. The van der Waals surface area contributed by atoms with Crippen LogP contribution in [0, 0.1) is 11.6 Å². The number of aryl methyl sites for hydroxylation is 1. The van der Waals surface area contributed by atoms with E-state index in [1.165, 1.54) is 24.3 Å². The van der Waals surface area contributed by atoms with Crippen LogP contribution in [0.25, 0.3) is 22.3 Å². The number of benzene rings is 2. The Labute approximate surface area is 200 Å². The molecule has 7 nitrogen and oxygen atoms in total. The molecule has 1 atom stereocenters. The summed E-state index contributed by atoms with van der Waals surface area (Å²) in [5.74, 6) is -1.22. The van der Waals surface area contributed by atoms with Crippen molar-refractivity contribution in [2.24, 2.45) is 5.16 Å². The standard InChI is InChI=1S/C26H25F2N5O2/c1-3-21-19-10-8-15(12-23(19)33(30-21)17-6-4-5-7-17)22-14-26(2,35-31-22)25-29-24(32-34-25)18-11-9-16(27)13-20(18)28/h8-13,17H,3-7,14H2,1-2H3. The molecule has 0 saturated heterocycles. The normalized spacial score (nSPS) is 20.5. The Morgan fingerprint density at radius 3 is 2.71 bits per heavy atom. The first-order valence-electron chi connectivity index (χ1n) is 12.0. The molecule has 1 unspecified atom stereocenters. The molecule has 2 aromatic heterocycles. The summed E-state index contributed by atoms with van der Waals surface area (Å²) in [4.78, 5) is 10.1. The third-order valence-corrected chi connectivity index (χ3v) is 7.04. The lowest BCUT2D eigenvalue weighted by atomic mass is 9.95. The van der Waals surface area contributed by atoms with Gasteiger partial charge in [0, 0.05) is 23.4 Å². The molecule has 0 radical (unpaired) electrons. The summed E-state index contributed by atoms with van der Waals surface area (Å²) in [5.41, 5.74) is 3.01. The minimum Gasteiger partial charge on any atom is -0.379 e. The highest BCUT2D eigenvalue weighted by Crippen LogP contribution is 2.38. The minimum atomic E-state index is -0.994. The summed E-state index contributed by atoms with van der Waals surface area (Å²) in [5, 5.41) is 14.3. The van der Waals surface area contributed by atoms with Crippen LogP contribution in [0.2, 0.25) is 0 Å². The molecule has 0 amide bonds. The molecule has 2 aliphatic rings. The van der Waals surface area contributed by atoms with Crippen molar-refractivity contribution in [2.45, 2.75) is 64.0 Å². The Morgan fingerprint density at radius 2 is 1.94 bits per heavy atom. The predicted octanol–water partition coefficient (Wildman–Crippen LogP) is 6.08. The first kappa shape index (κ1) is 21.9. The van der Waals surface area contributed by atoms with E-state index in [1.54, 1.807) is 6.92 Å². The Hall–Kier alpha value is -3.62. The molecule has 9 heteroatoms. The van der Waals surface area contributed by atoms with Gasteiger partial charge in [-0.25, -0.2) is 8.78 Å². The van der Waals surface area contributed by atoms with E-state index in [-0.39, 0.29) is 17.3 Å². The number of aromatic nitrogens is 4. The third kappa shape index (κ3) is 3.69. The SMILES string of the molecule is CCc1nn(C2CCCC2)c2cc(C3=NOC(C)(c4nc(-c5ccc(F)cc5F)no4)C3)ccc12. The second-order valence-electron chi connectivity index (χ2n) is 9.50. The van der Waals surface area contributed by atoms with Crippen molar-refractivity contribution in [3.8, 4) is 11.4 Å². The molecule has 4 aromatic rings. The Balaban J connectivity index is 1.29. The fourth-order valence-electron chi connectivity index (χ4n) is 5.10. The molecule has 1 aliphatic heterocycles. The molecule has 0 spiro atoms. The van der Waals surface area contributed by atoms with Gasteiger partial charge in [-0.3, -0.25) is 4.68 Å². The smallest absolute Gasteiger partial charge is 0.274 e. The lowest BCUT2D eigenvalue weighted by Gasteiger charge is -2.15. The monoisotopic (exact) mass is 477 g/mol. The van der Waals surface area contributed by atoms with Crippen LogP contribution in [0.3, 0.4) is 0 Å². The summed E-state index contributed by atoms with van der Waals surface area (Å²) in [7, 11) is 0. The van der Waals surface area contributed by atoms with Gasteiger partial charge in [-0.2, -0.15) is 10.1 Å². The van der Waals surface area contributed by atoms with Gasteiger partial charge in [0.2, 0.25) is 11.4 Å². The van der Waals surface area contributed by atoms with Crippen molar-refractivity contribution in [2.75, 3.05) is 0 Å². The quantitative estimate of drug-likeness (QED) is 0.348. The van der Waals surface area contributed by atoms with Crippen molar-refractivity contribution in [1.29, 1.82) is 0 Å². The molecule has 0 bridgehead atoms. The van der Waals surface area contributed by atoms with Crippen LogP contribution in [0.15, 0.2) is 46.1 Å². The number of oxime groups is 1. The van der Waals surface area contributed by atoms with Crippen LogP contribution in [0.5, 0.6) is 0 Å². The molecule has 1 saturated carbocycles.